The molecule has 1 N–H and O–H groups in total. The summed E-state index contributed by atoms with van der Waals surface area (Å²) in [6.45, 7) is -0.439. The fourth-order valence-electron chi connectivity index (χ4n) is 2.23. The molecule has 0 spiro atoms. The van der Waals surface area contributed by atoms with Gasteiger partial charge in [0.2, 0.25) is 0 Å². The van der Waals surface area contributed by atoms with Crippen LogP contribution in [0.25, 0.3) is 0 Å². The average molecular weight is 389 g/mol. The predicted octanol–water partition coefficient (Wildman–Crippen LogP) is 2.15. The smallest absolute Gasteiger partial charge is 0.310 e. The molecular formula is C18H19N3O7. The van der Waals surface area contributed by atoms with Gasteiger partial charge in [0.1, 0.15) is 5.75 Å². The van der Waals surface area contributed by atoms with Gasteiger partial charge in [-0.1, -0.05) is 12.1 Å². The number of carbonyl (C=O) groups excluding carboxylic acids is 1. The lowest BCUT2D eigenvalue weighted by Gasteiger charge is -2.11. The normalized spacial score (nSPS) is 10.4. The van der Waals surface area contributed by atoms with Gasteiger partial charge >= 0.3 is 5.69 Å². The van der Waals surface area contributed by atoms with Gasteiger partial charge in [-0.05, 0) is 12.1 Å². The Morgan fingerprint density at radius 3 is 2.36 bits per heavy atom. The second kappa shape index (κ2) is 9.76. The van der Waals surface area contributed by atoms with Crippen molar-refractivity contribution < 1.29 is 28.7 Å². The summed E-state index contributed by atoms with van der Waals surface area (Å²) >= 11 is 0. The van der Waals surface area contributed by atoms with E-state index in [0.717, 1.165) is 0 Å². The summed E-state index contributed by atoms with van der Waals surface area (Å²) in [5, 5.41) is 14.8. The molecule has 0 heterocycles. The summed E-state index contributed by atoms with van der Waals surface area (Å²) in [7, 11) is 4.48. The third kappa shape index (κ3) is 5.10. The van der Waals surface area contributed by atoms with E-state index in [1.165, 1.54) is 45.7 Å². The van der Waals surface area contributed by atoms with Crippen molar-refractivity contribution in [2.24, 2.45) is 5.10 Å². The second-order valence-corrected chi connectivity index (χ2v) is 5.26. The Hall–Kier alpha value is -3.82. The van der Waals surface area contributed by atoms with Crippen LogP contribution in [0.3, 0.4) is 0 Å². The lowest BCUT2D eigenvalue weighted by atomic mass is 10.2. The van der Waals surface area contributed by atoms with Crippen molar-refractivity contribution in [3.8, 4) is 23.0 Å². The molecule has 2 aromatic rings. The second-order valence-electron chi connectivity index (χ2n) is 5.26. The van der Waals surface area contributed by atoms with Gasteiger partial charge in [-0.3, -0.25) is 14.9 Å². The summed E-state index contributed by atoms with van der Waals surface area (Å²) in [5.41, 5.74) is 2.59. The minimum Gasteiger partial charge on any atom is -0.496 e. The maximum absolute atomic E-state index is 11.9. The van der Waals surface area contributed by atoms with Crippen LogP contribution in [0.4, 0.5) is 5.69 Å². The van der Waals surface area contributed by atoms with E-state index in [1.54, 1.807) is 18.2 Å². The van der Waals surface area contributed by atoms with Crippen LogP contribution in [0.15, 0.2) is 41.5 Å². The highest BCUT2D eigenvalue weighted by molar-refractivity contribution is 5.86. The minimum absolute atomic E-state index is 0.00631. The van der Waals surface area contributed by atoms with E-state index in [9.17, 15) is 14.9 Å². The van der Waals surface area contributed by atoms with E-state index in [2.05, 4.69) is 10.5 Å². The molecule has 0 saturated heterocycles. The van der Waals surface area contributed by atoms with Crippen LogP contribution in [-0.2, 0) is 4.79 Å². The van der Waals surface area contributed by atoms with Gasteiger partial charge in [0, 0.05) is 17.7 Å². The van der Waals surface area contributed by atoms with Crippen molar-refractivity contribution in [2.75, 3.05) is 27.9 Å². The first kappa shape index (κ1) is 20.5. The van der Waals surface area contributed by atoms with Crippen LogP contribution in [0, 0.1) is 10.1 Å². The molecule has 0 atom stereocenters. The zero-order valence-electron chi connectivity index (χ0n) is 15.5. The van der Waals surface area contributed by atoms with Crippen molar-refractivity contribution in [3.63, 3.8) is 0 Å². The monoisotopic (exact) mass is 389 g/mol. The van der Waals surface area contributed by atoms with E-state index >= 15 is 0 Å². The number of nitro groups is 1. The number of amides is 1. The number of para-hydroxylation sites is 2. The summed E-state index contributed by atoms with van der Waals surface area (Å²) in [6, 6.07) is 9.03. The largest absolute Gasteiger partial charge is 0.496 e. The fraction of sp³-hybridized carbons (Fsp3) is 0.222. The van der Waals surface area contributed by atoms with E-state index in [0.29, 0.717) is 22.8 Å². The highest BCUT2D eigenvalue weighted by Gasteiger charge is 2.15. The molecule has 0 aliphatic carbocycles. The number of nitrogens with one attached hydrogen (secondary N) is 1. The molecule has 28 heavy (non-hydrogen) atoms. The van der Waals surface area contributed by atoms with Gasteiger partial charge in [0.15, 0.2) is 23.9 Å². The summed E-state index contributed by atoms with van der Waals surface area (Å²) in [4.78, 5) is 22.2. The van der Waals surface area contributed by atoms with E-state index in [-0.39, 0.29) is 11.4 Å². The molecule has 1 amide bonds. The molecule has 148 valence electrons. The SMILES string of the molecule is COc1cc(OC)c(OC)cc1/C=N\NC(=O)COc1ccccc1[N+](=O)[O-]. The lowest BCUT2D eigenvalue weighted by Crippen LogP contribution is -2.24. The first-order valence-electron chi connectivity index (χ1n) is 7.98. The van der Waals surface area contributed by atoms with Gasteiger partial charge in [-0.15, -0.1) is 0 Å². The predicted molar refractivity (Wildman–Crippen MR) is 100 cm³/mol. The zero-order chi connectivity index (χ0) is 20.5. The molecule has 0 aromatic heterocycles. The van der Waals surface area contributed by atoms with Crippen molar-refractivity contribution in [2.45, 2.75) is 0 Å². The average Bonchev–Trinajstić information content (AvgIpc) is 2.71. The Balaban J connectivity index is 2.01. The molecular weight excluding hydrogens is 370 g/mol. The Bertz CT molecular complexity index is 883. The van der Waals surface area contributed by atoms with Crippen LogP contribution in [0.5, 0.6) is 23.0 Å². The topological polar surface area (TPSA) is 122 Å². The highest BCUT2D eigenvalue weighted by Crippen LogP contribution is 2.33. The summed E-state index contributed by atoms with van der Waals surface area (Å²) in [5.74, 6) is 0.822. The third-order valence-corrected chi connectivity index (χ3v) is 3.55. The maximum Gasteiger partial charge on any atom is 0.310 e. The van der Waals surface area contributed by atoms with Gasteiger partial charge < -0.3 is 18.9 Å². The number of methoxy groups -OCH3 is 3. The van der Waals surface area contributed by atoms with Crippen LogP contribution >= 0.6 is 0 Å². The maximum atomic E-state index is 11.9. The van der Waals surface area contributed by atoms with Gasteiger partial charge in [-0.2, -0.15) is 5.10 Å². The van der Waals surface area contributed by atoms with Gasteiger partial charge in [0.05, 0.1) is 32.5 Å². The minimum atomic E-state index is -0.589. The summed E-state index contributed by atoms with van der Waals surface area (Å²) in [6.07, 6.45) is 1.36. The first-order valence-corrected chi connectivity index (χ1v) is 7.98. The molecule has 0 saturated carbocycles. The quantitative estimate of drug-likeness (QED) is 0.396. The number of nitro benzene ring substituents is 1. The number of nitrogens with zero attached hydrogens (tertiary/aromatic N) is 2. The Kier molecular flexibility index (Phi) is 7.14. The van der Waals surface area contributed by atoms with E-state index in [4.69, 9.17) is 18.9 Å². The van der Waals surface area contributed by atoms with Crippen molar-refractivity contribution in [1.82, 2.24) is 5.43 Å². The lowest BCUT2D eigenvalue weighted by molar-refractivity contribution is -0.385. The zero-order valence-corrected chi connectivity index (χ0v) is 15.5. The van der Waals surface area contributed by atoms with E-state index in [1.807, 2.05) is 0 Å². The van der Waals surface area contributed by atoms with Crippen molar-refractivity contribution in [3.05, 3.63) is 52.1 Å². The first-order chi connectivity index (χ1) is 13.5. The Morgan fingerprint density at radius 2 is 1.71 bits per heavy atom. The van der Waals surface area contributed by atoms with Crippen molar-refractivity contribution in [1.29, 1.82) is 0 Å². The number of carbonyl (C=O) groups is 1. The van der Waals surface area contributed by atoms with Gasteiger partial charge in [0.25, 0.3) is 5.91 Å². The standard InChI is InChI=1S/C18H19N3O7/c1-25-15-9-17(27-3)16(26-2)8-12(15)10-19-20-18(22)11-28-14-7-5-4-6-13(14)21(23)24/h4-10H,11H2,1-3H3,(H,20,22)/b19-10-. The molecule has 2 rings (SSSR count). The Morgan fingerprint density at radius 1 is 1.07 bits per heavy atom. The molecule has 0 aliphatic rings. The fourth-order valence-corrected chi connectivity index (χ4v) is 2.23. The molecule has 0 unspecified atom stereocenters. The van der Waals surface area contributed by atoms with E-state index < -0.39 is 17.4 Å². The molecule has 0 radical (unpaired) electrons. The number of hydrogen-bond acceptors (Lipinski definition) is 8. The van der Waals surface area contributed by atoms with Crippen LogP contribution in [0.2, 0.25) is 0 Å². The molecule has 0 bridgehead atoms. The number of rotatable bonds is 9. The third-order valence-electron chi connectivity index (χ3n) is 3.55. The highest BCUT2D eigenvalue weighted by atomic mass is 16.6. The van der Waals surface area contributed by atoms with Crippen LogP contribution < -0.4 is 24.4 Å². The molecule has 0 aliphatic heterocycles. The summed E-state index contributed by atoms with van der Waals surface area (Å²) < 4.78 is 20.9. The number of ether oxygens (including phenoxy) is 4. The number of hydrazone groups is 1. The molecule has 0 fully saturated rings. The molecule has 10 heteroatoms. The number of hydrogen-bond donors (Lipinski definition) is 1. The van der Waals surface area contributed by atoms with Crippen LogP contribution in [-0.4, -0.2) is 45.0 Å². The van der Waals surface area contributed by atoms with Gasteiger partial charge in [-0.25, -0.2) is 5.43 Å². The number of benzene rings is 2. The van der Waals surface area contributed by atoms with Crippen molar-refractivity contribution >= 4 is 17.8 Å². The molecule has 10 nitrogen and oxygen atoms in total. The van der Waals surface area contributed by atoms with Crippen LogP contribution in [0.1, 0.15) is 5.56 Å². The molecule has 2 aromatic carbocycles. The Labute approximate surface area is 160 Å².